The van der Waals surface area contributed by atoms with Gasteiger partial charge in [0.1, 0.15) is 10.8 Å². The van der Waals surface area contributed by atoms with Crippen molar-refractivity contribution >= 4 is 27.3 Å². The predicted octanol–water partition coefficient (Wildman–Crippen LogP) is 5.61. The van der Waals surface area contributed by atoms with Gasteiger partial charge in [-0.3, -0.25) is 0 Å². The van der Waals surface area contributed by atoms with Gasteiger partial charge in [-0.2, -0.15) is 5.26 Å². The number of rotatable bonds is 8. The number of nitrogens with one attached hydrogen (secondary N) is 1. The third-order valence-electron chi connectivity index (χ3n) is 7.76. The van der Waals surface area contributed by atoms with Gasteiger partial charge in [-0.05, 0) is 89.0 Å². The van der Waals surface area contributed by atoms with Crippen LogP contribution in [0.3, 0.4) is 0 Å². The van der Waals surface area contributed by atoms with Crippen LogP contribution in [0.25, 0.3) is 0 Å². The summed E-state index contributed by atoms with van der Waals surface area (Å²) in [5.41, 5.74) is 0.397. The van der Waals surface area contributed by atoms with Crippen LogP contribution in [-0.4, -0.2) is 41.5 Å². The molecular weight excluding hydrogens is 528 g/mol. The van der Waals surface area contributed by atoms with Crippen molar-refractivity contribution in [2.24, 2.45) is 17.3 Å². The van der Waals surface area contributed by atoms with E-state index in [9.17, 15) is 9.81 Å². The fraction of sp³-hybridized carbons (Fsp3) is 0.741. The second kappa shape index (κ2) is 10.6. The lowest BCUT2D eigenvalue weighted by Gasteiger charge is -2.57. The van der Waals surface area contributed by atoms with Crippen LogP contribution < -0.4 is 4.72 Å². The van der Waals surface area contributed by atoms with E-state index < -0.39 is 32.8 Å². The minimum Gasteiger partial charge on any atom is -0.598 e. The van der Waals surface area contributed by atoms with Crippen LogP contribution in [0.1, 0.15) is 72.4 Å². The Morgan fingerprint density at radius 3 is 2.20 bits per heavy atom. The Morgan fingerprint density at radius 1 is 1.17 bits per heavy atom. The van der Waals surface area contributed by atoms with Crippen LogP contribution >= 0.6 is 15.9 Å². The van der Waals surface area contributed by atoms with E-state index in [4.69, 9.17) is 14.2 Å². The van der Waals surface area contributed by atoms with Gasteiger partial charge in [0.25, 0.3) is 5.79 Å². The number of fused-ring (bicyclic) bond motifs is 1. The molecule has 0 aromatic heterocycles. The van der Waals surface area contributed by atoms with Gasteiger partial charge in [0.15, 0.2) is 5.54 Å². The highest BCUT2D eigenvalue weighted by atomic mass is 79.9. The molecule has 1 fully saturated rings. The van der Waals surface area contributed by atoms with Crippen molar-refractivity contribution in [3.8, 4) is 6.07 Å². The highest BCUT2D eigenvalue weighted by Gasteiger charge is 2.74. The molecule has 0 amide bonds. The molecule has 6 nitrogen and oxygen atoms in total. The summed E-state index contributed by atoms with van der Waals surface area (Å²) >= 11 is 2.15. The third-order valence-corrected chi connectivity index (χ3v) is 9.85. The van der Waals surface area contributed by atoms with Crippen LogP contribution in [0, 0.1) is 28.6 Å². The van der Waals surface area contributed by atoms with Crippen LogP contribution in [0.5, 0.6) is 0 Å². The van der Waals surface area contributed by atoms with Gasteiger partial charge in [-0.15, -0.1) is 4.72 Å². The van der Waals surface area contributed by atoms with E-state index in [1.807, 2.05) is 40.7 Å². The number of nitrogens with zero attached hydrogens (tertiary/aromatic N) is 1. The van der Waals surface area contributed by atoms with E-state index in [2.05, 4.69) is 52.7 Å². The molecule has 0 aliphatic heterocycles. The minimum atomic E-state index is -1.68. The number of ether oxygens (including phenoxy) is 3. The first-order valence-corrected chi connectivity index (χ1v) is 14.5. The second-order valence-electron chi connectivity index (χ2n) is 11.1. The summed E-state index contributed by atoms with van der Waals surface area (Å²) < 4.78 is 36.4. The summed E-state index contributed by atoms with van der Waals surface area (Å²) in [4.78, 5) is 0. The van der Waals surface area contributed by atoms with Crippen molar-refractivity contribution in [3.63, 3.8) is 0 Å². The second-order valence-corrected chi connectivity index (χ2v) is 14.0. The first-order chi connectivity index (χ1) is 16.4. The molecule has 6 atom stereocenters. The van der Waals surface area contributed by atoms with Crippen LogP contribution in [0.4, 0.5) is 0 Å². The summed E-state index contributed by atoms with van der Waals surface area (Å²) in [6.07, 6.45) is 2.40. The molecule has 3 rings (SSSR count). The minimum absolute atomic E-state index is 0.109. The van der Waals surface area contributed by atoms with Gasteiger partial charge in [0, 0.05) is 41.6 Å². The molecule has 2 aliphatic rings. The molecule has 1 spiro atoms. The van der Waals surface area contributed by atoms with Crippen molar-refractivity contribution in [2.75, 3.05) is 20.3 Å². The normalized spacial score (nSPS) is 31.9. The van der Waals surface area contributed by atoms with E-state index in [1.54, 1.807) is 7.11 Å². The first kappa shape index (κ1) is 28.9. The smallest absolute Gasteiger partial charge is 0.287 e. The summed E-state index contributed by atoms with van der Waals surface area (Å²) in [6, 6.07) is 8.66. The number of halogens is 1. The number of benzene rings is 1. The van der Waals surface area contributed by atoms with Crippen molar-refractivity contribution in [1.82, 2.24) is 4.72 Å². The summed E-state index contributed by atoms with van der Waals surface area (Å²) in [5.74, 6) is -1.22. The Morgan fingerprint density at radius 2 is 1.74 bits per heavy atom. The highest BCUT2D eigenvalue weighted by molar-refractivity contribution is 9.10. The van der Waals surface area contributed by atoms with Crippen LogP contribution in [0.2, 0.25) is 0 Å². The molecular formula is C27H41BrN2O4S. The van der Waals surface area contributed by atoms with Crippen LogP contribution in [0.15, 0.2) is 22.7 Å². The SMILES string of the molecule is CCOC(C#N)(OCC)[C@]1(N[S+]([O-])C(C)(C)C)c2cc(Br)ccc2C[C@@]12C[C@@H](C)[C@H](OC)[C@@H](C)C2. The maximum absolute atomic E-state index is 13.9. The zero-order valence-electron chi connectivity index (χ0n) is 22.4. The van der Waals surface area contributed by atoms with Crippen molar-refractivity contribution in [3.05, 3.63) is 33.8 Å². The van der Waals surface area contributed by atoms with E-state index in [-0.39, 0.29) is 31.2 Å². The van der Waals surface area contributed by atoms with Crippen LogP contribution in [-0.2, 0) is 37.5 Å². The van der Waals surface area contributed by atoms with Crippen molar-refractivity contribution in [1.29, 1.82) is 5.26 Å². The zero-order valence-corrected chi connectivity index (χ0v) is 24.8. The Bertz CT molecular complexity index is 928. The topological polar surface area (TPSA) is 86.6 Å². The summed E-state index contributed by atoms with van der Waals surface area (Å²) in [5, 5.41) is 10.8. The predicted molar refractivity (Wildman–Crippen MR) is 143 cm³/mol. The number of nitriles is 1. The quantitative estimate of drug-likeness (QED) is 0.324. The van der Waals surface area contributed by atoms with E-state index >= 15 is 0 Å². The Balaban J connectivity index is 2.42. The standard InChI is InChI=1S/C27H41BrN2O4S/c1-9-33-26(17-29,34-10-2)27(30-35(31)24(5,6)7)22-13-21(28)12-11-20(22)16-25(27)14-18(3)23(32-8)19(4)15-25/h11-13,18-19,23,30H,9-10,14-16H2,1-8H3/t18-,19+,23+,25+,27-,35?/m0/s1. The fourth-order valence-corrected chi connectivity index (χ4v) is 8.13. The first-order valence-electron chi connectivity index (χ1n) is 12.6. The van der Waals surface area contributed by atoms with Gasteiger partial charge in [-0.25, -0.2) is 0 Å². The van der Waals surface area contributed by atoms with E-state index in [0.29, 0.717) is 0 Å². The molecule has 1 aromatic rings. The van der Waals surface area contributed by atoms with E-state index in [1.165, 1.54) is 0 Å². The van der Waals surface area contributed by atoms with Gasteiger partial charge in [-0.1, -0.05) is 35.8 Å². The van der Waals surface area contributed by atoms with Crippen molar-refractivity contribution in [2.45, 2.75) is 89.9 Å². The molecule has 1 aromatic carbocycles. The molecule has 2 aliphatic carbocycles. The molecule has 0 radical (unpaired) electrons. The monoisotopic (exact) mass is 568 g/mol. The zero-order chi connectivity index (χ0) is 26.2. The molecule has 1 unspecified atom stereocenters. The molecule has 196 valence electrons. The van der Waals surface area contributed by atoms with Gasteiger partial charge in [0.2, 0.25) is 0 Å². The highest BCUT2D eigenvalue weighted by Crippen LogP contribution is 2.65. The van der Waals surface area contributed by atoms with E-state index in [0.717, 1.165) is 34.9 Å². The molecule has 1 N–H and O–H groups in total. The number of hydrogen-bond acceptors (Lipinski definition) is 6. The molecule has 0 saturated heterocycles. The lowest BCUT2D eigenvalue weighted by Crippen LogP contribution is -2.72. The van der Waals surface area contributed by atoms with Gasteiger partial charge >= 0.3 is 0 Å². The maximum Gasteiger partial charge on any atom is 0.287 e. The molecule has 35 heavy (non-hydrogen) atoms. The fourth-order valence-electron chi connectivity index (χ4n) is 6.72. The average molecular weight is 570 g/mol. The Kier molecular flexibility index (Phi) is 8.76. The Hall–Kier alpha value is -0.660. The lowest BCUT2D eigenvalue weighted by molar-refractivity contribution is -0.271. The maximum atomic E-state index is 13.9. The van der Waals surface area contributed by atoms with Gasteiger partial charge < -0.3 is 18.8 Å². The average Bonchev–Trinajstić information content (AvgIpc) is 3.01. The largest absolute Gasteiger partial charge is 0.598 e. The van der Waals surface area contributed by atoms with Crippen molar-refractivity contribution < 1.29 is 18.8 Å². The summed E-state index contributed by atoms with van der Waals surface area (Å²) in [7, 11) is 1.77. The lowest BCUT2D eigenvalue weighted by atomic mass is 9.54. The number of methoxy groups -OCH3 is 1. The third kappa shape index (κ3) is 4.71. The molecule has 0 heterocycles. The molecule has 1 saturated carbocycles. The number of hydrogen-bond donors (Lipinski definition) is 1. The molecule has 0 bridgehead atoms. The molecule has 8 heteroatoms. The Labute approximate surface area is 222 Å². The van der Waals surface area contributed by atoms with Gasteiger partial charge in [0.05, 0.1) is 6.10 Å². The summed E-state index contributed by atoms with van der Waals surface area (Å²) in [6.45, 7) is 14.6.